The van der Waals surface area contributed by atoms with Gasteiger partial charge < -0.3 is 29.7 Å². The Labute approximate surface area is 230 Å². The van der Waals surface area contributed by atoms with E-state index in [1.165, 1.54) is 36.3 Å². The Hall–Kier alpha value is -3.51. The number of anilines is 1. The van der Waals surface area contributed by atoms with Crippen molar-refractivity contribution in [3.63, 3.8) is 0 Å². The van der Waals surface area contributed by atoms with Crippen LogP contribution in [0.2, 0.25) is 0 Å². The summed E-state index contributed by atoms with van der Waals surface area (Å²) >= 11 is 0. The largest absolute Gasteiger partial charge is 0.497 e. The van der Waals surface area contributed by atoms with Crippen molar-refractivity contribution < 1.29 is 32.6 Å². The number of nitrogens with one attached hydrogen (secondary N) is 2. The third kappa shape index (κ3) is 7.33. The molecule has 2 aromatic carbocycles. The van der Waals surface area contributed by atoms with E-state index >= 15 is 0 Å². The second kappa shape index (κ2) is 12.6. The number of benzene rings is 2. The summed E-state index contributed by atoms with van der Waals surface area (Å²) in [7, 11) is -0.791. The number of carbonyl (C=O) groups excluding carboxylic acids is 2. The second-order valence-corrected chi connectivity index (χ2v) is 11.8. The molecule has 3 amide bonds. The SMILES string of the molecule is COc1ccc(S(=O)(=O)Nc2ccc3c(c2)C(=O)N([C@@H](C)CO)C[C@@H](C)[C@@H](CN(C)C(=O)NC(C)C)O3)cc1. The molecule has 214 valence electrons. The Balaban J connectivity index is 1.95. The fourth-order valence-corrected chi connectivity index (χ4v) is 5.23. The quantitative estimate of drug-likeness (QED) is 0.427. The number of hydrogen-bond acceptors (Lipinski definition) is 7. The van der Waals surface area contributed by atoms with Gasteiger partial charge in [-0.15, -0.1) is 0 Å². The van der Waals surface area contributed by atoms with E-state index in [9.17, 15) is 23.1 Å². The lowest BCUT2D eigenvalue weighted by molar-refractivity contribution is 0.0366. The molecule has 0 aliphatic carbocycles. The number of hydrogen-bond donors (Lipinski definition) is 3. The number of aliphatic hydroxyl groups excluding tert-OH is 1. The van der Waals surface area contributed by atoms with Crippen LogP contribution in [0.25, 0.3) is 0 Å². The molecule has 0 aromatic heterocycles. The van der Waals surface area contributed by atoms with E-state index in [0.29, 0.717) is 5.75 Å². The van der Waals surface area contributed by atoms with E-state index in [1.54, 1.807) is 37.1 Å². The number of carbonyl (C=O) groups is 2. The van der Waals surface area contributed by atoms with Gasteiger partial charge in [-0.3, -0.25) is 9.52 Å². The highest BCUT2D eigenvalue weighted by molar-refractivity contribution is 7.92. The monoisotopic (exact) mass is 562 g/mol. The maximum Gasteiger partial charge on any atom is 0.317 e. The van der Waals surface area contributed by atoms with Crippen molar-refractivity contribution in [2.24, 2.45) is 5.92 Å². The van der Waals surface area contributed by atoms with Crippen molar-refractivity contribution in [1.29, 1.82) is 0 Å². The Morgan fingerprint density at radius 2 is 1.87 bits per heavy atom. The van der Waals surface area contributed by atoms with Crippen molar-refractivity contribution in [2.45, 2.75) is 50.8 Å². The van der Waals surface area contributed by atoms with Crippen molar-refractivity contribution in [2.75, 3.05) is 38.6 Å². The lowest BCUT2D eigenvalue weighted by atomic mass is 9.99. The van der Waals surface area contributed by atoms with Crippen LogP contribution < -0.4 is 19.5 Å². The molecule has 39 heavy (non-hydrogen) atoms. The van der Waals surface area contributed by atoms with Crippen molar-refractivity contribution in [3.8, 4) is 11.5 Å². The van der Waals surface area contributed by atoms with Crippen LogP contribution >= 0.6 is 0 Å². The van der Waals surface area contributed by atoms with Crippen LogP contribution in [-0.2, 0) is 10.0 Å². The predicted octanol–water partition coefficient (Wildman–Crippen LogP) is 2.77. The summed E-state index contributed by atoms with van der Waals surface area (Å²) in [4.78, 5) is 29.3. The van der Waals surface area contributed by atoms with Gasteiger partial charge in [0.2, 0.25) is 0 Å². The highest BCUT2D eigenvalue weighted by Crippen LogP contribution is 2.31. The first-order valence-corrected chi connectivity index (χ1v) is 14.3. The first kappa shape index (κ1) is 30.0. The van der Waals surface area contributed by atoms with Crippen molar-refractivity contribution >= 4 is 27.6 Å². The van der Waals surface area contributed by atoms with Crippen LogP contribution in [0.1, 0.15) is 38.1 Å². The molecule has 1 heterocycles. The molecular weight excluding hydrogens is 524 g/mol. The maximum atomic E-state index is 13.6. The second-order valence-electron chi connectivity index (χ2n) is 10.1. The van der Waals surface area contributed by atoms with E-state index < -0.39 is 28.1 Å². The van der Waals surface area contributed by atoms with Gasteiger partial charge in [0.15, 0.2) is 0 Å². The third-order valence-corrected chi connectivity index (χ3v) is 7.90. The molecule has 0 spiro atoms. The number of sulfonamides is 1. The molecule has 0 radical (unpaired) electrons. The van der Waals surface area contributed by atoms with Gasteiger partial charge in [0.05, 0.1) is 36.8 Å². The summed E-state index contributed by atoms with van der Waals surface area (Å²) in [6, 6.07) is 9.65. The van der Waals surface area contributed by atoms with E-state index in [0.717, 1.165) is 0 Å². The number of urea groups is 1. The number of nitrogens with zero attached hydrogens (tertiary/aromatic N) is 2. The Morgan fingerprint density at radius 3 is 2.46 bits per heavy atom. The molecule has 0 saturated carbocycles. The molecule has 0 saturated heterocycles. The van der Waals surface area contributed by atoms with Crippen LogP contribution in [0, 0.1) is 5.92 Å². The van der Waals surface area contributed by atoms with Gasteiger partial charge in [-0.05, 0) is 63.2 Å². The zero-order valence-corrected chi connectivity index (χ0v) is 24.0. The van der Waals surface area contributed by atoms with Gasteiger partial charge in [0, 0.05) is 31.2 Å². The lowest BCUT2D eigenvalue weighted by Gasteiger charge is -2.38. The summed E-state index contributed by atoms with van der Waals surface area (Å²) < 4.78 is 39.9. The van der Waals surface area contributed by atoms with Gasteiger partial charge in [-0.25, -0.2) is 13.2 Å². The number of likely N-dealkylation sites (N-methyl/N-ethyl adjacent to an activating group) is 1. The first-order chi connectivity index (χ1) is 18.4. The van der Waals surface area contributed by atoms with Crippen LogP contribution in [0.3, 0.4) is 0 Å². The average molecular weight is 563 g/mol. The van der Waals surface area contributed by atoms with Crippen LogP contribution in [-0.4, -0.2) is 87.3 Å². The molecule has 1 aliphatic heterocycles. The van der Waals surface area contributed by atoms with Crippen LogP contribution in [0.5, 0.6) is 11.5 Å². The molecule has 3 rings (SSSR count). The molecular formula is C27H38N4O7S. The van der Waals surface area contributed by atoms with Gasteiger partial charge >= 0.3 is 6.03 Å². The highest BCUT2D eigenvalue weighted by atomic mass is 32.2. The maximum absolute atomic E-state index is 13.6. The molecule has 1 aliphatic rings. The Kier molecular flexibility index (Phi) is 9.68. The first-order valence-electron chi connectivity index (χ1n) is 12.8. The summed E-state index contributed by atoms with van der Waals surface area (Å²) in [6.45, 7) is 7.67. The lowest BCUT2D eigenvalue weighted by Crippen LogP contribution is -2.51. The summed E-state index contributed by atoms with van der Waals surface area (Å²) in [5.74, 6) is 0.204. The zero-order valence-electron chi connectivity index (χ0n) is 23.2. The molecule has 11 nitrogen and oxygen atoms in total. The molecule has 12 heteroatoms. The van der Waals surface area contributed by atoms with Crippen LogP contribution in [0.15, 0.2) is 47.4 Å². The normalized spacial score (nSPS) is 18.4. The van der Waals surface area contributed by atoms with E-state index in [4.69, 9.17) is 9.47 Å². The highest BCUT2D eigenvalue weighted by Gasteiger charge is 2.34. The predicted molar refractivity (Wildman–Crippen MR) is 148 cm³/mol. The van der Waals surface area contributed by atoms with Gasteiger partial charge in [0.1, 0.15) is 17.6 Å². The smallest absolute Gasteiger partial charge is 0.317 e. The van der Waals surface area contributed by atoms with E-state index in [2.05, 4.69) is 10.0 Å². The minimum Gasteiger partial charge on any atom is -0.497 e. The summed E-state index contributed by atoms with van der Waals surface area (Å²) in [5, 5.41) is 12.7. The van der Waals surface area contributed by atoms with E-state index in [-0.39, 0.29) is 59.6 Å². The molecule has 3 atom stereocenters. The molecule has 0 unspecified atom stereocenters. The molecule has 0 bridgehead atoms. The number of fused-ring (bicyclic) bond motifs is 1. The van der Waals surface area contributed by atoms with Crippen molar-refractivity contribution in [1.82, 2.24) is 15.1 Å². The summed E-state index contributed by atoms with van der Waals surface area (Å²) in [6.07, 6.45) is -0.477. The number of rotatable bonds is 9. The molecule has 2 aromatic rings. The minimum absolute atomic E-state index is 0.0322. The fraction of sp³-hybridized carbons (Fsp3) is 0.481. The van der Waals surface area contributed by atoms with Gasteiger partial charge in [-0.1, -0.05) is 6.92 Å². The molecule has 0 fully saturated rings. The average Bonchev–Trinajstić information content (AvgIpc) is 2.89. The fourth-order valence-electron chi connectivity index (χ4n) is 4.18. The Morgan fingerprint density at radius 1 is 1.21 bits per heavy atom. The van der Waals surface area contributed by atoms with Crippen molar-refractivity contribution in [3.05, 3.63) is 48.0 Å². The van der Waals surface area contributed by atoms with Gasteiger partial charge in [-0.2, -0.15) is 0 Å². The third-order valence-electron chi connectivity index (χ3n) is 6.50. The number of methoxy groups -OCH3 is 1. The minimum atomic E-state index is -3.95. The van der Waals surface area contributed by atoms with E-state index in [1.807, 2.05) is 20.8 Å². The van der Waals surface area contributed by atoms with Crippen LogP contribution in [0.4, 0.5) is 10.5 Å². The topological polar surface area (TPSA) is 138 Å². The number of aliphatic hydroxyl groups is 1. The number of ether oxygens (including phenoxy) is 2. The summed E-state index contributed by atoms with van der Waals surface area (Å²) in [5.41, 5.74) is 0.327. The standard InChI is InChI=1S/C27H38N4O7S/c1-17(2)28-27(34)30(5)15-25-18(3)14-31(19(4)16-32)26(33)23-13-20(7-12-24(23)38-25)29-39(35,36)22-10-8-21(37-6)9-11-22/h7-13,17-19,25,29,32H,14-16H2,1-6H3,(H,28,34)/t18-,19+,25-/m1/s1. The van der Waals surface area contributed by atoms with Gasteiger partial charge in [0.25, 0.3) is 15.9 Å². The zero-order chi connectivity index (χ0) is 28.9. The molecule has 3 N–H and O–H groups in total. The number of amides is 3. The Bertz CT molecular complexity index is 1270.